The first-order valence-electron chi connectivity index (χ1n) is 8.66. The zero-order valence-electron chi connectivity index (χ0n) is 15.4. The number of carbonyl (C=O) groups is 2. The Balaban J connectivity index is 1.54. The minimum absolute atomic E-state index is 0.129. The molecule has 142 valence electrons. The molecule has 0 unspecified atom stereocenters. The molecule has 1 saturated heterocycles. The number of ether oxygens (including phenoxy) is 3. The van der Waals surface area contributed by atoms with Crippen LogP contribution in [0.25, 0.3) is 0 Å². The van der Waals surface area contributed by atoms with Crippen molar-refractivity contribution in [3.05, 3.63) is 42.5 Å². The van der Waals surface area contributed by atoms with Gasteiger partial charge in [-0.25, -0.2) is 0 Å². The molecule has 7 heteroatoms. The first-order chi connectivity index (χ1) is 13.1. The Morgan fingerprint density at radius 1 is 1.07 bits per heavy atom. The maximum absolute atomic E-state index is 12.1. The SMILES string of the molecule is COc1ccc(NC(=O)COc2ccc(N3CCCC3=O)cc2)cc1OC. The molecule has 27 heavy (non-hydrogen) atoms. The van der Waals surface area contributed by atoms with Gasteiger partial charge in [-0.3, -0.25) is 9.59 Å². The van der Waals surface area contributed by atoms with Crippen molar-refractivity contribution >= 4 is 23.2 Å². The number of anilines is 2. The average Bonchev–Trinajstić information content (AvgIpc) is 3.12. The average molecular weight is 370 g/mol. The van der Waals surface area contributed by atoms with Crippen LogP contribution in [0.1, 0.15) is 12.8 Å². The highest BCUT2D eigenvalue weighted by Crippen LogP contribution is 2.29. The fourth-order valence-corrected chi connectivity index (χ4v) is 2.90. The zero-order valence-corrected chi connectivity index (χ0v) is 15.4. The molecule has 1 N–H and O–H groups in total. The monoisotopic (exact) mass is 370 g/mol. The maximum Gasteiger partial charge on any atom is 0.262 e. The molecule has 1 aliphatic heterocycles. The van der Waals surface area contributed by atoms with Gasteiger partial charge < -0.3 is 24.4 Å². The minimum atomic E-state index is -0.291. The second kappa shape index (κ2) is 8.44. The van der Waals surface area contributed by atoms with E-state index in [1.165, 1.54) is 7.11 Å². The predicted octanol–water partition coefficient (Wildman–Crippen LogP) is 2.85. The summed E-state index contributed by atoms with van der Waals surface area (Å²) in [5.74, 6) is 1.53. The van der Waals surface area contributed by atoms with Crippen molar-refractivity contribution in [2.45, 2.75) is 12.8 Å². The second-order valence-corrected chi connectivity index (χ2v) is 6.05. The minimum Gasteiger partial charge on any atom is -0.493 e. The van der Waals surface area contributed by atoms with Crippen LogP contribution in [0.5, 0.6) is 17.2 Å². The summed E-state index contributed by atoms with van der Waals surface area (Å²) in [5.41, 5.74) is 1.43. The van der Waals surface area contributed by atoms with Crippen molar-refractivity contribution in [3.63, 3.8) is 0 Å². The molecule has 1 aliphatic rings. The summed E-state index contributed by atoms with van der Waals surface area (Å²) in [4.78, 5) is 25.6. The van der Waals surface area contributed by atoms with Crippen molar-refractivity contribution in [1.29, 1.82) is 0 Å². The lowest BCUT2D eigenvalue weighted by atomic mass is 10.2. The Morgan fingerprint density at radius 3 is 2.44 bits per heavy atom. The number of hydrogen-bond donors (Lipinski definition) is 1. The molecule has 0 aromatic heterocycles. The van der Waals surface area contributed by atoms with E-state index in [4.69, 9.17) is 14.2 Å². The van der Waals surface area contributed by atoms with Gasteiger partial charge in [0, 0.05) is 30.4 Å². The Hall–Kier alpha value is -3.22. The summed E-state index contributed by atoms with van der Waals surface area (Å²) in [7, 11) is 3.08. The highest BCUT2D eigenvalue weighted by atomic mass is 16.5. The predicted molar refractivity (Wildman–Crippen MR) is 102 cm³/mol. The summed E-state index contributed by atoms with van der Waals surface area (Å²) < 4.78 is 15.9. The Kier molecular flexibility index (Phi) is 5.80. The third-order valence-electron chi connectivity index (χ3n) is 4.26. The van der Waals surface area contributed by atoms with Gasteiger partial charge in [0.2, 0.25) is 5.91 Å². The molecular weight excluding hydrogens is 348 g/mol. The Bertz CT molecular complexity index is 820. The fraction of sp³-hybridized carbons (Fsp3) is 0.300. The van der Waals surface area contributed by atoms with Crippen LogP contribution in [0.15, 0.2) is 42.5 Å². The summed E-state index contributed by atoms with van der Waals surface area (Å²) in [6.45, 7) is 0.614. The number of hydrogen-bond acceptors (Lipinski definition) is 5. The second-order valence-electron chi connectivity index (χ2n) is 6.05. The third kappa shape index (κ3) is 4.49. The number of benzene rings is 2. The molecule has 3 rings (SSSR count). The van der Waals surface area contributed by atoms with Gasteiger partial charge in [0.1, 0.15) is 5.75 Å². The number of amides is 2. The van der Waals surface area contributed by atoms with Crippen LogP contribution >= 0.6 is 0 Å². The largest absolute Gasteiger partial charge is 0.493 e. The summed E-state index contributed by atoms with van der Waals surface area (Å²) in [6, 6.07) is 12.3. The topological polar surface area (TPSA) is 77.1 Å². The normalized spacial score (nSPS) is 13.4. The molecule has 0 aliphatic carbocycles. The van der Waals surface area contributed by atoms with E-state index < -0.39 is 0 Å². The smallest absolute Gasteiger partial charge is 0.262 e. The van der Waals surface area contributed by atoms with Crippen molar-refractivity contribution in [1.82, 2.24) is 0 Å². The Labute approximate surface area is 157 Å². The highest BCUT2D eigenvalue weighted by molar-refractivity contribution is 5.95. The van der Waals surface area contributed by atoms with Gasteiger partial charge in [-0.1, -0.05) is 0 Å². The maximum atomic E-state index is 12.1. The van der Waals surface area contributed by atoms with Crippen LogP contribution in [0, 0.1) is 0 Å². The molecule has 1 fully saturated rings. The van der Waals surface area contributed by atoms with Crippen LogP contribution < -0.4 is 24.4 Å². The van der Waals surface area contributed by atoms with Gasteiger partial charge in [0.15, 0.2) is 18.1 Å². The fourth-order valence-electron chi connectivity index (χ4n) is 2.90. The van der Waals surface area contributed by atoms with Crippen LogP contribution in [0.4, 0.5) is 11.4 Å². The number of methoxy groups -OCH3 is 2. The number of carbonyl (C=O) groups excluding carboxylic acids is 2. The number of nitrogens with zero attached hydrogens (tertiary/aromatic N) is 1. The number of rotatable bonds is 7. The van der Waals surface area contributed by atoms with E-state index in [1.807, 2.05) is 12.1 Å². The van der Waals surface area contributed by atoms with Crippen LogP contribution in [0.2, 0.25) is 0 Å². The molecule has 2 amide bonds. The van der Waals surface area contributed by atoms with E-state index in [9.17, 15) is 9.59 Å². The van der Waals surface area contributed by atoms with Gasteiger partial charge >= 0.3 is 0 Å². The molecule has 2 aromatic carbocycles. The lowest BCUT2D eigenvalue weighted by molar-refractivity contribution is -0.118. The van der Waals surface area contributed by atoms with Gasteiger partial charge in [0.05, 0.1) is 14.2 Å². The molecule has 0 radical (unpaired) electrons. The summed E-state index contributed by atoms with van der Waals surface area (Å²) >= 11 is 0. The van der Waals surface area contributed by atoms with E-state index in [-0.39, 0.29) is 18.4 Å². The van der Waals surface area contributed by atoms with Crippen molar-refractivity contribution in [3.8, 4) is 17.2 Å². The van der Waals surface area contributed by atoms with Crippen molar-refractivity contribution in [2.24, 2.45) is 0 Å². The molecule has 0 atom stereocenters. The van der Waals surface area contributed by atoms with Crippen molar-refractivity contribution in [2.75, 3.05) is 37.6 Å². The van der Waals surface area contributed by atoms with Crippen LogP contribution in [-0.2, 0) is 9.59 Å². The Morgan fingerprint density at radius 2 is 1.81 bits per heavy atom. The van der Waals surface area contributed by atoms with E-state index in [0.29, 0.717) is 29.4 Å². The lowest BCUT2D eigenvalue weighted by Crippen LogP contribution is -2.23. The van der Waals surface area contributed by atoms with E-state index in [2.05, 4.69) is 5.32 Å². The van der Waals surface area contributed by atoms with Gasteiger partial charge in [0.25, 0.3) is 5.91 Å². The molecule has 2 aromatic rings. The summed E-state index contributed by atoms with van der Waals surface area (Å²) in [6.07, 6.45) is 1.47. The number of nitrogens with one attached hydrogen (secondary N) is 1. The molecule has 1 heterocycles. The van der Waals surface area contributed by atoms with E-state index in [1.54, 1.807) is 42.3 Å². The molecule has 0 bridgehead atoms. The van der Waals surface area contributed by atoms with Gasteiger partial charge in [-0.2, -0.15) is 0 Å². The van der Waals surface area contributed by atoms with Gasteiger partial charge in [-0.15, -0.1) is 0 Å². The first kappa shape index (κ1) is 18.6. The molecular formula is C20H22N2O5. The summed E-state index contributed by atoms with van der Waals surface area (Å²) in [5, 5.41) is 2.75. The standard InChI is InChI=1S/C20H22N2O5/c1-25-17-10-5-14(12-18(17)26-2)21-19(23)13-27-16-8-6-15(7-9-16)22-11-3-4-20(22)24/h5-10,12H,3-4,11,13H2,1-2H3,(H,21,23). The molecule has 0 saturated carbocycles. The van der Waals surface area contributed by atoms with Gasteiger partial charge in [-0.05, 0) is 42.8 Å². The molecule has 0 spiro atoms. The molecule has 7 nitrogen and oxygen atoms in total. The third-order valence-corrected chi connectivity index (χ3v) is 4.26. The van der Waals surface area contributed by atoms with Crippen molar-refractivity contribution < 1.29 is 23.8 Å². The van der Waals surface area contributed by atoms with E-state index >= 15 is 0 Å². The van der Waals surface area contributed by atoms with Crippen LogP contribution in [-0.4, -0.2) is 39.2 Å². The highest BCUT2D eigenvalue weighted by Gasteiger charge is 2.21. The van der Waals surface area contributed by atoms with E-state index in [0.717, 1.165) is 18.7 Å². The first-order valence-corrected chi connectivity index (χ1v) is 8.66. The quantitative estimate of drug-likeness (QED) is 0.811. The van der Waals surface area contributed by atoms with Crippen LogP contribution in [0.3, 0.4) is 0 Å². The lowest BCUT2D eigenvalue weighted by Gasteiger charge is -2.16. The zero-order chi connectivity index (χ0) is 19.2.